The van der Waals surface area contributed by atoms with Crippen LogP contribution in [-0.2, 0) is 11.1 Å². The Balaban J connectivity index is 0.00000240. The molecule has 2 aromatic heterocycles. The normalized spacial score (nSPS) is 16.1. The Kier molecular flexibility index (Phi) is 5.53. The number of hydrogen-bond acceptors (Lipinski definition) is 5. The summed E-state index contributed by atoms with van der Waals surface area (Å²) in [6, 6.07) is 3.40. The molecule has 9 heteroatoms. The summed E-state index contributed by atoms with van der Waals surface area (Å²) in [5, 5.41) is 8.63. The summed E-state index contributed by atoms with van der Waals surface area (Å²) in [4.78, 5) is 4.51. The van der Waals surface area contributed by atoms with Crippen molar-refractivity contribution in [2.75, 3.05) is 0 Å². The van der Waals surface area contributed by atoms with Gasteiger partial charge in [-0.3, -0.25) is 4.68 Å². The SMILES string of the molecule is CC(C)(C)n1cc(-c2nc(C3(N)CCCC3)no2)c(-c2ccc(F)cc2F)n1.Cl. The molecule has 1 aliphatic rings. The molecule has 6 nitrogen and oxygen atoms in total. The fourth-order valence-corrected chi connectivity index (χ4v) is 3.52. The maximum absolute atomic E-state index is 14.5. The number of hydrogen-bond donors (Lipinski definition) is 1. The van der Waals surface area contributed by atoms with Crippen molar-refractivity contribution >= 4 is 12.4 Å². The van der Waals surface area contributed by atoms with Gasteiger partial charge in [-0.15, -0.1) is 12.4 Å². The van der Waals surface area contributed by atoms with Crippen LogP contribution in [0.2, 0.25) is 0 Å². The van der Waals surface area contributed by atoms with Gasteiger partial charge in [-0.25, -0.2) is 8.78 Å². The molecule has 0 amide bonds. The Morgan fingerprint density at radius 1 is 1.14 bits per heavy atom. The van der Waals surface area contributed by atoms with Crippen LogP contribution >= 0.6 is 12.4 Å². The molecule has 0 aliphatic heterocycles. The van der Waals surface area contributed by atoms with E-state index in [1.165, 1.54) is 12.1 Å². The fourth-order valence-electron chi connectivity index (χ4n) is 3.52. The first-order valence-electron chi connectivity index (χ1n) is 9.36. The molecule has 0 unspecified atom stereocenters. The predicted molar refractivity (Wildman–Crippen MR) is 107 cm³/mol. The van der Waals surface area contributed by atoms with Crippen molar-refractivity contribution in [2.24, 2.45) is 5.73 Å². The number of nitrogens with zero attached hydrogens (tertiary/aromatic N) is 4. The van der Waals surface area contributed by atoms with E-state index in [1.807, 2.05) is 20.8 Å². The molecule has 2 N–H and O–H groups in total. The number of nitrogens with two attached hydrogens (primary N) is 1. The highest BCUT2D eigenvalue weighted by Gasteiger charge is 2.36. The Bertz CT molecular complexity index is 1020. The molecule has 1 fully saturated rings. The molecular weight excluding hydrogens is 400 g/mol. The van der Waals surface area contributed by atoms with Crippen LogP contribution in [0.25, 0.3) is 22.7 Å². The van der Waals surface area contributed by atoms with Gasteiger partial charge in [0.2, 0.25) is 0 Å². The number of halogens is 3. The van der Waals surface area contributed by atoms with Crippen LogP contribution in [0.1, 0.15) is 52.3 Å². The lowest BCUT2D eigenvalue weighted by Crippen LogP contribution is -2.34. The Morgan fingerprint density at radius 2 is 1.83 bits per heavy atom. The minimum Gasteiger partial charge on any atom is -0.334 e. The van der Waals surface area contributed by atoms with E-state index in [0.717, 1.165) is 31.7 Å². The van der Waals surface area contributed by atoms with Crippen molar-refractivity contribution < 1.29 is 13.3 Å². The summed E-state index contributed by atoms with van der Waals surface area (Å²) < 4.78 is 35.0. The first-order chi connectivity index (χ1) is 13.2. The second-order valence-electron chi connectivity index (χ2n) is 8.42. The molecule has 0 saturated heterocycles. The van der Waals surface area contributed by atoms with Crippen LogP contribution < -0.4 is 5.73 Å². The van der Waals surface area contributed by atoms with E-state index in [2.05, 4.69) is 15.2 Å². The lowest BCUT2D eigenvalue weighted by molar-refractivity contribution is 0.356. The summed E-state index contributed by atoms with van der Waals surface area (Å²) in [6.07, 6.45) is 5.38. The summed E-state index contributed by atoms with van der Waals surface area (Å²) >= 11 is 0. The lowest BCUT2D eigenvalue weighted by Gasteiger charge is -2.18. The zero-order valence-electron chi connectivity index (χ0n) is 16.6. The first kappa shape index (κ1) is 21.4. The number of benzene rings is 1. The van der Waals surface area contributed by atoms with Gasteiger partial charge in [-0.2, -0.15) is 10.1 Å². The maximum atomic E-state index is 14.5. The average Bonchev–Trinajstić information content (AvgIpc) is 3.32. The van der Waals surface area contributed by atoms with E-state index in [-0.39, 0.29) is 29.4 Å². The molecule has 0 atom stereocenters. The van der Waals surface area contributed by atoms with Crippen LogP contribution in [0.3, 0.4) is 0 Å². The van der Waals surface area contributed by atoms with Gasteiger partial charge in [0, 0.05) is 17.8 Å². The Morgan fingerprint density at radius 3 is 2.45 bits per heavy atom. The van der Waals surface area contributed by atoms with Gasteiger partial charge >= 0.3 is 0 Å². The molecule has 0 bridgehead atoms. The molecule has 1 aliphatic carbocycles. The molecular formula is C20H24ClF2N5O. The highest BCUT2D eigenvalue weighted by atomic mass is 35.5. The van der Waals surface area contributed by atoms with Crippen LogP contribution in [0.4, 0.5) is 8.78 Å². The van der Waals surface area contributed by atoms with E-state index in [1.54, 1.807) is 10.9 Å². The molecule has 0 radical (unpaired) electrons. The molecule has 1 saturated carbocycles. The van der Waals surface area contributed by atoms with Gasteiger partial charge in [0.1, 0.15) is 17.3 Å². The van der Waals surface area contributed by atoms with Gasteiger partial charge in [0.15, 0.2) is 5.82 Å². The standard InChI is InChI=1S/C20H23F2N5O.ClH/c1-19(2,3)27-11-14(16(25-27)13-7-6-12(21)10-15(13)22)17-24-18(26-28-17)20(23)8-4-5-9-20;/h6-7,10-11H,4-5,8-9,23H2,1-3H3;1H. The third kappa shape index (κ3) is 3.91. The third-order valence-electron chi connectivity index (χ3n) is 5.19. The van der Waals surface area contributed by atoms with Gasteiger partial charge in [0.25, 0.3) is 5.89 Å². The van der Waals surface area contributed by atoms with E-state index < -0.39 is 17.2 Å². The summed E-state index contributed by atoms with van der Waals surface area (Å²) in [5.41, 5.74) is 6.46. The van der Waals surface area contributed by atoms with Gasteiger partial charge in [0.05, 0.1) is 16.6 Å². The monoisotopic (exact) mass is 423 g/mol. The van der Waals surface area contributed by atoms with Crippen LogP contribution in [-0.4, -0.2) is 19.9 Å². The van der Waals surface area contributed by atoms with Crippen molar-refractivity contribution in [2.45, 2.75) is 57.5 Å². The molecule has 1 aromatic carbocycles. The zero-order valence-corrected chi connectivity index (χ0v) is 17.4. The van der Waals surface area contributed by atoms with E-state index in [0.29, 0.717) is 17.1 Å². The van der Waals surface area contributed by atoms with Crippen molar-refractivity contribution in [3.8, 4) is 22.7 Å². The highest BCUT2D eigenvalue weighted by Crippen LogP contribution is 2.38. The van der Waals surface area contributed by atoms with Gasteiger partial charge < -0.3 is 10.3 Å². The van der Waals surface area contributed by atoms with E-state index >= 15 is 0 Å². The minimum absolute atomic E-state index is 0. The molecule has 4 rings (SSSR count). The topological polar surface area (TPSA) is 82.8 Å². The smallest absolute Gasteiger partial charge is 0.261 e. The number of rotatable bonds is 3. The molecule has 3 aromatic rings. The van der Waals surface area contributed by atoms with Crippen LogP contribution in [0.15, 0.2) is 28.9 Å². The molecule has 156 valence electrons. The minimum atomic E-state index is -0.703. The average molecular weight is 424 g/mol. The van der Waals surface area contributed by atoms with Crippen molar-refractivity contribution in [1.29, 1.82) is 0 Å². The second kappa shape index (κ2) is 7.50. The van der Waals surface area contributed by atoms with Crippen LogP contribution in [0, 0.1) is 11.6 Å². The van der Waals surface area contributed by atoms with E-state index in [9.17, 15) is 8.78 Å². The molecule has 0 spiro atoms. The van der Waals surface area contributed by atoms with Gasteiger partial charge in [-0.05, 0) is 45.7 Å². The Hall–Kier alpha value is -2.32. The maximum Gasteiger partial charge on any atom is 0.261 e. The predicted octanol–water partition coefficient (Wildman–Crippen LogP) is 4.78. The Labute approximate surface area is 173 Å². The largest absolute Gasteiger partial charge is 0.334 e. The second-order valence-corrected chi connectivity index (χ2v) is 8.42. The first-order valence-corrected chi connectivity index (χ1v) is 9.36. The van der Waals surface area contributed by atoms with E-state index in [4.69, 9.17) is 10.3 Å². The van der Waals surface area contributed by atoms with Crippen LogP contribution in [0.5, 0.6) is 0 Å². The highest BCUT2D eigenvalue weighted by molar-refractivity contribution is 5.85. The van der Waals surface area contributed by atoms with Gasteiger partial charge in [-0.1, -0.05) is 18.0 Å². The molecule has 2 heterocycles. The fraction of sp³-hybridized carbons (Fsp3) is 0.450. The number of aromatic nitrogens is 4. The summed E-state index contributed by atoms with van der Waals surface area (Å²) in [5.74, 6) is -0.675. The van der Waals surface area contributed by atoms with Crippen molar-refractivity contribution in [3.63, 3.8) is 0 Å². The summed E-state index contributed by atoms with van der Waals surface area (Å²) in [7, 11) is 0. The quantitative estimate of drug-likeness (QED) is 0.655. The lowest BCUT2D eigenvalue weighted by atomic mass is 9.98. The zero-order chi connectivity index (χ0) is 20.1. The molecule has 29 heavy (non-hydrogen) atoms. The summed E-state index contributed by atoms with van der Waals surface area (Å²) in [6.45, 7) is 5.92. The van der Waals surface area contributed by atoms with Crippen molar-refractivity contribution in [3.05, 3.63) is 41.9 Å². The van der Waals surface area contributed by atoms with Crippen molar-refractivity contribution in [1.82, 2.24) is 19.9 Å². The third-order valence-corrected chi connectivity index (χ3v) is 5.19.